The van der Waals surface area contributed by atoms with E-state index in [1.54, 1.807) is 30.0 Å². The normalized spacial score (nSPS) is 12.0. The third kappa shape index (κ3) is 3.72. The van der Waals surface area contributed by atoms with Crippen molar-refractivity contribution in [2.45, 2.75) is 13.0 Å². The lowest BCUT2D eigenvalue weighted by molar-refractivity contribution is 0.0896. The van der Waals surface area contributed by atoms with E-state index in [1.165, 1.54) is 6.26 Å². The zero-order valence-corrected chi connectivity index (χ0v) is 14.0. The van der Waals surface area contributed by atoms with Crippen molar-refractivity contribution in [3.05, 3.63) is 65.9 Å². The number of carbonyl (C=O) groups excluding carboxylic acids is 1. The van der Waals surface area contributed by atoms with Crippen molar-refractivity contribution in [2.75, 3.05) is 13.7 Å². The van der Waals surface area contributed by atoms with Gasteiger partial charge in [0.1, 0.15) is 17.6 Å². The fourth-order valence-electron chi connectivity index (χ4n) is 2.43. The van der Waals surface area contributed by atoms with Crippen LogP contribution in [-0.4, -0.2) is 34.4 Å². The standard InChI is InChI=1S/C18H19N3O4/c1-12-10-15(18(23)19-11-16(22)17-4-3-9-25-17)20-21(12)13-5-7-14(24-2)8-6-13/h3-10,16,22H,11H2,1-2H3,(H,19,23). The molecule has 2 heterocycles. The number of furan rings is 1. The molecule has 1 amide bonds. The van der Waals surface area contributed by atoms with E-state index in [1.807, 2.05) is 31.2 Å². The number of benzene rings is 1. The molecule has 0 saturated heterocycles. The Bertz CT molecular complexity index is 838. The molecule has 2 aromatic heterocycles. The number of carbonyl (C=O) groups is 1. The Morgan fingerprint density at radius 1 is 1.36 bits per heavy atom. The van der Waals surface area contributed by atoms with E-state index in [9.17, 15) is 9.90 Å². The Hall–Kier alpha value is -3.06. The Morgan fingerprint density at radius 2 is 2.12 bits per heavy atom. The molecule has 2 N–H and O–H groups in total. The van der Waals surface area contributed by atoms with Crippen LogP contribution < -0.4 is 10.1 Å². The average molecular weight is 341 g/mol. The molecule has 1 atom stereocenters. The van der Waals surface area contributed by atoms with E-state index in [0.29, 0.717) is 5.76 Å². The first-order valence-corrected chi connectivity index (χ1v) is 7.79. The number of hydrogen-bond acceptors (Lipinski definition) is 5. The second-order valence-corrected chi connectivity index (χ2v) is 5.52. The maximum Gasteiger partial charge on any atom is 0.271 e. The Labute approximate surface area is 144 Å². The SMILES string of the molecule is COc1ccc(-n2nc(C(=O)NCC(O)c3ccco3)cc2C)cc1. The first-order valence-electron chi connectivity index (χ1n) is 7.79. The van der Waals surface area contributed by atoms with Gasteiger partial charge in [-0.3, -0.25) is 4.79 Å². The zero-order chi connectivity index (χ0) is 17.8. The molecule has 7 heteroatoms. The highest BCUT2D eigenvalue weighted by Gasteiger charge is 2.16. The van der Waals surface area contributed by atoms with E-state index >= 15 is 0 Å². The Kier molecular flexibility index (Phi) is 4.85. The van der Waals surface area contributed by atoms with Gasteiger partial charge in [-0.1, -0.05) is 0 Å². The minimum absolute atomic E-state index is 0.0425. The summed E-state index contributed by atoms with van der Waals surface area (Å²) in [4.78, 5) is 12.3. The largest absolute Gasteiger partial charge is 0.497 e. The van der Waals surface area contributed by atoms with E-state index in [0.717, 1.165) is 17.1 Å². The molecular formula is C18H19N3O4. The Balaban J connectivity index is 1.69. The van der Waals surface area contributed by atoms with Crippen LogP contribution in [0.25, 0.3) is 5.69 Å². The van der Waals surface area contributed by atoms with Crippen LogP contribution in [-0.2, 0) is 0 Å². The highest BCUT2D eigenvalue weighted by atomic mass is 16.5. The lowest BCUT2D eigenvalue weighted by Gasteiger charge is -2.08. The first-order chi connectivity index (χ1) is 12.1. The molecular weight excluding hydrogens is 322 g/mol. The molecule has 3 aromatic rings. The van der Waals surface area contributed by atoms with Gasteiger partial charge in [0, 0.05) is 5.69 Å². The minimum atomic E-state index is -0.899. The van der Waals surface area contributed by atoms with Gasteiger partial charge in [0.25, 0.3) is 5.91 Å². The van der Waals surface area contributed by atoms with Crippen molar-refractivity contribution >= 4 is 5.91 Å². The van der Waals surface area contributed by atoms with Crippen molar-refractivity contribution in [1.82, 2.24) is 15.1 Å². The topological polar surface area (TPSA) is 89.5 Å². The van der Waals surface area contributed by atoms with Crippen LogP contribution in [0.5, 0.6) is 5.75 Å². The molecule has 1 unspecified atom stereocenters. The van der Waals surface area contributed by atoms with Gasteiger partial charge in [-0.2, -0.15) is 5.10 Å². The maximum absolute atomic E-state index is 12.3. The molecule has 0 aliphatic heterocycles. The number of hydrogen-bond donors (Lipinski definition) is 2. The third-order valence-electron chi connectivity index (χ3n) is 3.76. The molecule has 0 saturated carbocycles. The van der Waals surface area contributed by atoms with Crippen LogP contribution in [0.2, 0.25) is 0 Å². The number of aryl methyl sites for hydroxylation is 1. The van der Waals surface area contributed by atoms with Gasteiger partial charge in [-0.25, -0.2) is 4.68 Å². The highest BCUT2D eigenvalue weighted by molar-refractivity contribution is 5.92. The molecule has 7 nitrogen and oxygen atoms in total. The van der Waals surface area contributed by atoms with Crippen molar-refractivity contribution in [2.24, 2.45) is 0 Å². The Morgan fingerprint density at radius 3 is 2.76 bits per heavy atom. The predicted octanol–water partition coefficient (Wildman–Crippen LogP) is 2.25. The van der Waals surface area contributed by atoms with Crippen LogP contribution in [0.4, 0.5) is 0 Å². The van der Waals surface area contributed by atoms with E-state index in [2.05, 4.69) is 10.4 Å². The maximum atomic E-state index is 12.3. The summed E-state index contributed by atoms with van der Waals surface area (Å²) in [5, 5.41) is 16.9. The van der Waals surface area contributed by atoms with Gasteiger partial charge < -0.3 is 19.6 Å². The smallest absolute Gasteiger partial charge is 0.271 e. The molecule has 3 rings (SSSR count). The molecule has 0 spiro atoms. The number of rotatable bonds is 6. The number of methoxy groups -OCH3 is 1. The van der Waals surface area contributed by atoms with Crippen LogP contribution in [0.1, 0.15) is 28.0 Å². The third-order valence-corrected chi connectivity index (χ3v) is 3.76. The van der Waals surface area contributed by atoms with Crippen molar-refractivity contribution in [3.63, 3.8) is 0 Å². The second kappa shape index (κ2) is 7.23. The number of amides is 1. The quantitative estimate of drug-likeness (QED) is 0.718. The van der Waals surface area contributed by atoms with Crippen molar-refractivity contribution in [1.29, 1.82) is 0 Å². The summed E-state index contributed by atoms with van der Waals surface area (Å²) in [5.41, 5.74) is 1.93. The fourth-order valence-corrected chi connectivity index (χ4v) is 2.43. The number of aromatic nitrogens is 2. The van der Waals surface area contributed by atoms with E-state index in [-0.39, 0.29) is 18.1 Å². The lowest BCUT2D eigenvalue weighted by atomic mass is 10.2. The molecule has 0 radical (unpaired) electrons. The van der Waals surface area contributed by atoms with Gasteiger partial charge in [-0.15, -0.1) is 0 Å². The van der Waals surface area contributed by atoms with E-state index < -0.39 is 6.10 Å². The molecule has 0 aliphatic carbocycles. The predicted molar refractivity (Wildman–Crippen MR) is 90.9 cm³/mol. The van der Waals surface area contributed by atoms with E-state index in [4.69, 9.17) is 9.15 Å². The molecule has 1 aromatic carbocycles. The summed E-state index contributed by atoms with van der Waals surface area (Å²) >= 11 is 0. The fraction of sp³-hybridized carbons (Fsp3) is 0.222. The highest BCUT2D eigenvalue weighted by Crippen LogP contribution is 2.17. The van der Waals surface area contributed by atoms with Crippen molar-refractivity contribution in [3.8, 4) is 11.4 Å². The van der Waals surface area contributed by atoms with Gasteiger partial charge >= 0.3 is 0 Å². The summed E-state index contributed by atoms with van der Waals surface area (Å²) in [6, 6.07) is 12.4. The summed E-state index contributed by atoms with van der Waals surface area (Å²) in [6.45, 7) is 1.91. The second-order valence-electron chi connectivity index (χ2n) is 5.52. The van der Waals surface area contributed by atoms with Crippen molar-refractivity contribution < 1.29 is 19.1 Å². The lowest BCUT2D eigenvalue weighted by Crippen LogP contribution is -2.28. The van der Waals surface area contributed by atoms with Crippen LogP contribution in [0.3, 0.4) is 0 Å². The number of aliphatic hydroxyl groups excluding tert-OH is 1. The summed E-state index contributed by atoms with van der Waals surface area (Å²) in [5.74, 6) is 0.791. The molecule has 0 bridgehead atoms. The van der Waals surface area contributed by atoms with Gasteiger partial charge in [0.05, 0.1) is 25.6 Å². The zero-order valence-electron chi connectivity index (χ0n) is 14.0. The van der Waals surface area contributed by atoms with Gasteiger partial charge in [-0.05, 0) is 49.4 Å². The van der Waals surface area contributed by atoms with Crippen LogP contribution in [0, 0.1) is 6.92 Å². The first kappa shape index (κ1) is 16.8. The summed E-state index contributed by atoms with van der Waals surface area (Å²) in [7, 11) is 1.60. The summed E-state index contributed by atoms with van der Waals surface area (Å²) < 4.78 is 11.9. The van der Waals surface area contributed by atoms with Gasteiger partial charge in [0.2, 0.25) is 0 Å². The number of aliphatic hydroxyl groups is 1. The van der Waals surface area contributed by atoms with Gasteiger partial charge in [0.15, 0.2) is 5.69 Å². The molecule has 130 valence electrons. The van der Waals surface area contributed by atoms with Crippen LogP contribution in [0.15, 0.2) is 53.1 Å². The molecule has 25 heavy (non-hydrogen) atoms. The molecule has 0 fully saturated rings. The minimum Gasteiger partial charge on any atom is -0.497 e. The monoisotopic (exact) mass is 341 g/mol. The number of nitrogens with zero attached hydrogens (tertiary/aromatic N) is 2. The number of ether oxygens (including phenoxy) is 1. The van der Waals surface area contributed by atoms with Crippen LogP contribution >= 0.6 is 0 Å². The average Bonchev–Trinajstić information content (AvgIpc) is 3.29. The molecule has 0 aliphatic rings. The number of nitrogens with one attached hydrogen (secondary N) is 1. The summed E-state index contributed by atoms with van der Waals surface area (Å²) in [6.07, 6.45) is 0.573.